The molecule has 2 heterocycles. The molecule has 29 heavy (non-hydrogen) atoms. The molecule has 0 saturated carbocycles. The van der Waals surface area contributed by atoms with Crippen LogP contribution >= 0.6 is 0 Å². The number of aliphatic carboxylic acids is 1. The molecule has 3 N–H and O–H groups in total. The van der Waals surface area contributed by atoms with Crippen LogP contribution < -0.4 is 10.1 Å². The molecule has 3 unspecified atom stereocenters. The first-order valence-corrected chi connectivity index (χ1v) is 9.71. The number of urea groups is 1. The van der Waals surface area contributed by atoms with Crippen molar-refractivity contribution < 1.29 is 24.5 Å². The maximum atomic E-state index is 12.1. The Kier molecular flexibility index (Phi) is 6.90. The van der Waals surface area contributed by atoms with Gasteiger partial charge in [0.05, 0.1) is 11.6 Å². The SMILES string of the molecule is N#Cc1ccc(OCC(O)CN2CC3CC(C2)CN(C(=O)NCC(=O)O)C3)cc1. The topological polar surface area (TPSA) is 126 Å². The van der Waals surface area contributed by atoms with E-state index >= 15 is 0 Å². The molecular weight excluding hydrogens is 376 g/mol. The van der Waals surface area contributed by atoms with E-state index < -0.39 is 12.1 Å². The number of nitrogens with zero attached hydrogens (tertiary/aromatic N) is 3. The van der Waals surface area contributed by atoms with Crippen LogP contribution in [0.1, 0.15) is 12.0 Å². The van der Waals surface area contributed by atoms with E-state index in [4.69, 9.17) is 15.1 Å². The smallest absolute Gasteiger partial charge is 0.323 e. The third-order valence-corrected chi connectivity index (χ3v) is 5.23. The van der Waals surface area contributed by atoms with Gasteiger partial charge in [0.15, 0.2) is 0 Å². The Balaban J connectivity index is 1.42. The number of aliphatic hydroxyl groups is 1. The summed E-state index contributed by atoms with van der Waals surface area (Å²) < 4.78 is 5.60. The lowest BCUT2D eigenvalue weighted by molar-refractivity contribution is -0.135. The van der Waals surface area contributed by atoms with Crippen molar-refractivity contribution in [3.63, 3.8) is 0 Å². The second-order valence-corrected chi connectivity index (χ2v) is 7.74. The Morgan fingerprint density at radius 2 is 1.86 bits per heavy atom. The van der Waals surface area contributed by atoms with Gasteiger partial charge in [0.25, 0.3) is 0 Å². The van der Waals surface area contributed by atoms with Crippen molar-refractivity contribution in [1.29, 1.82) is 5.26 Å². The predicted molar refractivity (Wildman–Crippen MR) is 103 cm³/mol. The van der Waals surface area contributed by atoms with E-state index in [0.29, 0.717) is 42.8 Å². The minimum Gasteiger partial charge on any atom is -0.491 e. The first-order valence-electron chi connectivity index (χ1n) is 9.71. The molecule has 0 aliphatic carbocycles. The lowest BCUT2D eigenvalue weighted by atomic mass is 9.84. The van der Waals surface area contributed by atoms with E-state index in [9.17, 15) is 14.7 Å². The van der Waals surface area contributed by atoms with Gasteiger partial charge in [0, 0.05) is 32.7 Å². The quantitative estimate of drug-likeness (QED) is 0.601. The number of rotatable bonds is 7. The number of fused-ring (bicyclic) bond motifs is 2. The van der Waals surface area contributed by atoms with Crippen LogP contribution in [0.3, 0.4) is 0 Å². The average Bonchev–Trinajstić information content (AvgIpc) is 2.70. The number of carbonyl (C=O) groups excluding carboxylic acids is 1. The Labute approximate surface area is 169 Å². The molecule has 0 spiro atoms. The molecule has 2 aliphatic heterocycles. The third-order valence-electron chi connectivity index (χ3n) is 5.23. The van der Waals surface area contributed by atoms with Crippen LogP contribution in [0.4, 0.5) is 4.79 Å². The molecular formula is C20H26N4O5. The Morgan fingerprint density at radius 1 is 1.21 bits per heavy atom. The molecule has 2 saturated heterocycles. The molecule has 1 aromatic carbocycles. The first-order chi connectivity index (χ1) is 13.9. The highest BCUT2D eigenvalue weighted by Crippen LogP contribution is 2.28. The maximum Gasteiger partial charge on any atom is 0.323 e. The number of likely N-dealkylation sites (tertiary alicyclic amines) is 2. The molecule has 2 fully saturated rings. The molecule has 2 bridgehead atoms. The van der Waals surface area contributed by atoms with Crippen molar-refractivity contribution >= 4 is 12.0 Å². The van der Waals surface area contributed by atoms with E-state index in [-0.39, 0.29) is 19.2 Å². The first kappa shape index (κ1) is 20.9. The third kappa shape index (κ3) is 6.07. The zero-order valence-corrected chi connectivity index (χ0v) is 16.2. The van der Waals surface area contributed by atoms with Gasteiger partial charge in [-0.25, -0.2) is 4.79 Å². The number of piperidine rings is 2. The van der Waals surface area contributed by atoms with Crippen molar-refractivity contribution in [3.8, 4) is 11.8 Å². The Morgan fingerprint density at radius 3 is 2.45 bits per heavy atom. The molecule has 9 heteroatoms. The molecule has 0 aromatic heterocycles. The Bertz CT molecular complexity index is 749. The number of carboxylic acids is 1. The second kappa shape index (κ2) is 9.58. The summed E-state index contributed by atoms with van der Waals surface area (Å²) in [6.07, 6.45) is 0.399. The molecule has 0 radical (unpaired) electrons. The van der Waals surface area contributed by atoms with Gasteiger partial charge in [-0.15, -0.1) is 0 Å². The van der Waals surface area contributed by atoms with E-state index in [1.807, 2.05) is 6.07 Å². The number of ether oxygens (including phenoxy) is 1. The molecule has 1 aromatic rings. The highest BCUT2D eigenvalue weighted by atomic mass is 16.5. The van der Waals surface area contributed by atoms with Crippen molar-refractivity contribution in [3.05, 3.63) is 29.8 Å². The number of β-amino-alcohol motifs (C(OH)–C–C–N with tert-alkyl or cyclic N) is 1. The minimum absolute atomic E-state index is 0.168. The zero-order chi connectivity index (χ0) is 20.8. The van der Waals surface area contributed by atoms with Crippen LogP contribution in [-0.2, 0) is 4.79 Å². The lowest BCUT2D eigenvalue weighted by Crippen LogP contribution is -2.57. The van der Waals surface area contributed by atoms with Gasteiger partial charge in [0.1, 0.15) is 25.0 Å². The number of nitriles is 1. The molecule has 156 valence electrons. The van der Waals surface area contributed by atoms with Gasteiger partial charge in [0.2, 0.25) is 0 Å². The summed E-state index contributed by atoms with van der Waals surface area (Å²) in [7, 11) is 0. The second-order valence-electron chi connectivity index (χ2n) is 7.74. The fraction of sp³-hybridized carbons (Fsp3) is 0.550. The number of carbonyl (C=O) groups is 2. The van der Waals surface area contributed by atoms with Crippen LogP contribution in [0.15, 0.2) is 24.3 Å². The normalized spacial score (nSPS) is 22.4. The predicted octanol–water partition coefficient (Wildman–Crippen LogP) is 0.346. The fourth-order valence-electron chi connectivity index (χ4n) is 4.13. The number of hydrogen-bond donors (Lipinski definition) is 3. The van der Waals surface area contributed by atoms with Gasteiger partial charge < -0.3 is 25.2 Å². The summed E-state index contributed by atoms with van der Waals surface area (Å²) in [5.74, 6) is 0.176. The molecule has 2 aliphatic rings. The summed E-state index contributed by atoms with van der Waals surface area (Å²) in [5.41, 5.74) is 0.559. The Hall–Kier alpha value is -2.83. The number of benzene rings is 1. The number of amides is 2. The maximum absolute atomic E-state index is 12.1. The van der Waals surface area contributed by atoms with Crippen molar-refractivity contribution in [2.24, 2.45) is 11.8 Å². The van der Waals surface area contributed by atoms with Crippen molar-refractivity contribution in [2.75, 3.05) is 45.9 Å². The van der Waals surface area contributed by atoms with Gasteiger partial charge in [-0.05, 0) is 42.5 Å². The standard InChI is InChI=1S/C20H26N4O5/c21-6-14-1-3-18(4-2-14)29-13-17(25)12-23-8-15-5-16(9-23)11-24(10-15)20(28)22-7-19(26)27/h1-4,15-17,25H,5,7-13H2,(H,22,28)(H,26,27). The number of carboxylic acid groups (broad SMARTS) is 1. The van der Waals surface area contributed by atoms with Crippen molar-refractivity contribution in [2.45, 2.75) is 12.5 Å². The number of aliphatic hydroxyl groups excluding tert-OH is 1. The van der Waals surface area contributed by atoms with E-state index in [0.717, 1.165) is 19.5 Å². The number of hydrogen-bond acceptors (Lipinski definition) is 6. The van der Waals surface area contributed by atoms with Crippen LogP contribution in [0.2, 0.25) is 0 Å². The minimum atomic E-state index is -1.06. The molecule has 3 atom stereocenters. The summed E-state index contributed by atoms with van der Waals surface area (Å²) >= 11 is 0. The van der Waals surface area contributed by atoms with Gasteiger partial charge in [-0.2, -0.15) is 5.26 Å². The van der Waals surface area contributed by atoms with E-state index in [2.05, 4.69) is 10.2 Å². The van der Waals surface area contributed by atoms with E-state index in [1.54, 1.807) is 29.2 Å². The largest absolute Gasteiger partial charge is 0.491 e. The van der Waals surface area contributed by atoms with Crippen LogP contribution in [0.5, 0.6) is 5.75 Å². The lowest BCUT2D eigenvalue weighted by Gasteiger charge is -2.46. The average molecular weight is 402 g/mol. The van der Waals surface area contributed by atoms with Crippen molar-refractivity contribution in [1.82, 2.24) is 15.1 Å². The van der Waals surface area contributed by atoms with Gasteiger partial charge >= 0.3 is 12.0 Å². The highest BCUT2D eigenvalue weighted by Gasteiger charge is 2.36. The summed E-state index contributed by atoms with van der Waals surface area (Å²) in [6.45, 7) is 3.05. The summed E-state index contributed by atoms with van der Waals surface area (Å²) in [5, 5.41) is 30.3. The zero-order valence-electron chi connectivity index (χ0n) is 16.2. The molecule has 2 amide bonds. The van der Waals surface area contributed by atoms with Crippen LogP contribution in [0.25, 0.3) is 0 Å². The van der Waals surface area contributed by atoms with Gasteiger partial charge in [-0.1, -0.05) is 0 Å². The highest BCUT2D eigenvalue weighted by molar-refractivity contribution is 5.80. The summed E-state index contributed by atoms with van der Waals surface area (Å²) in [6, 6.07) is 8.48. The van der Waals surface area contributed by atoms with Gasteiger partial charge in [-0.3, -0.25) is 9.69 Å². The van der Waals surface area contributed by atoms with E-state index in [1.165, 1.54) is 0 Å². The summed E-state index contributed by atoms with van der Waals surface area (Å²) in [4.78, 5) is 26.6. The monoisotopic (exact) mass is 402 g/mol. The fourth-order valence-corrected chi connectivity index (χ4v) is 4.13. The van der Waals surface area contributed by atoms with Crippen LogP contribution in [-0.4, -0.2) is 84.0 Å². The van der Waals surface area contributed by atoms with Crippen LogP contribution in [0, 0.1) is 23.2 Å². The molecule has 3 rings (SSSR count). The number of nitrogens with one attached hydrogen (secondary N) is 1. The molecule has 9 nitrogen and oxygen atoms in total.